The molecule has 6 heteroatoms. The van der Waals surface area contributed by atoms with E-state index in [1.807, 2.05) is 30.3 Å². The highest BCUT2D eigenvalue weighted by atomic mass is 32.1. The van der Waals surface area contributed by atoms with Crippen LogP contribution in [0.2, 0.25) is 0 Å². The normalized spacial score (nSPS) is 12.7. The average Bonchev–Trinajstić information content (AvgIpc) is 3.17. The molecule has 0 aliphatic carbocycles. The van der Waals surface area contributed by atoms with Crippen LogP contribution in [0, 0.1) is 0 Å². The number of methoxy groups -OCH3 is 2. The Kier molecular flexibility index (Phi) is 4.19. The Morgan fingerprint density at radius 3 is 2.72 bits per heavy atom. The number of anilines is 1. The molecule has 1 aliphatic rings. The number of nitrogens with zero attached hydrogens (tertiary/aromatic N) is 1. The van der Waals surface area contributed by atoms with E-state index >= 15 is 0 Å². The first-order valence-corrected chi connectivity index (χ1v) is 8.85. The minimum Gasteiger partial charge on any atom is -0.493 e. The van der Waals surface area contributed by atoms with Gasteiger partial charge in [-0.3, -0.25) is 0 Å². The highest BCUT2D eigenvalue weighted by molar-refractivity contribution is 7.13. The topological polar surface area (TPSA) is 52.6 Å². The van der Waals surface area contributed by atoms with Gasteiger partial charge >= 0.3 is 0 Å². The van der Waals surface area contributed by atoms with E-state index in [2.05, 4.69) is 16.8 Å². The standard InChI is InChI=1S/C19H18N2O3S/c1-22-17-6-3-12(10-18(17)23-2)15-11-25-19(21-15)13-4-5-16-14(9-13)20-7-8-24-16/h3-6,9-11,20H,7-8H2,1-2H3. The Morgan fingerprint density at radius 2 is 1.88 bits per heavy atom. The van der Waals surface area contributed by atoms with Crippen LogP contribution in [0.1, 0.15) is 0 Å². The molecule has 2 heterocycles. The minimum absolute atomic E-state index is 0.699. The molecule has 25 heavy (non-hydrogen) atoms. The van der Waals surface area contributed by atoms with Crippen LogP contribution in [0.3, 0.4) is 0 Å². The van der Waals surface area contributed by atoms with Crippen molar-refractivity contribution in [1.82, 2.24) is 4.98 Å². The fourth-order valence-corrected chi connectivity index (χ4v) is 3.63. The van der Waals surface area contributed by atoms with Gasteiger partial charge in [0, 0.05) is 23.1 Å². The molecule has 0 saturated heterocycles. The fourth-order valence-electron chi connectivity index (χ4n) is 2.81. The summed E-state index contributed by atoms with van der Waals surface area (Å²) in [7, 11) is 3.27. The van der Waals surface area contributed by atoms with Crippen LogP contribution in [0.4, 0.5) is 5.69 Å². The number of fused-ring (bicyclic) bond motifs is 1. The molecule has 3 aromatic rings. The van der Waals surface area contributed by atoms with E-state index in [1.54, 1.807) is 25.6 Å². The summed E-state index contributed by atoms with van der Waals surface area (Å²) < 4.78 is 16.3. The van der Waals surface area contributed by atoms with Crippen molar-refractivity contribution in [2.45, 2.75) is 0 Å². The predicted molar refractivity (Wildman–Crippen MR) is 100 cm³/mol. The lowest BCUT2D eigenvalue weighted by molar-refractivity contribution is 0.323. The van der Waals surface area contributed by atoms with Crippen molar-refractivity contribution in [3.05, 3.63) is 41.8 Å². The van der Waals surface area contributed by atoms with E-state index in [4.69, 9.17) is 19.2 Å². The van der Waals surface area contributed by atoms with E-state index in [0.29, 0.717) is 18.1 Å². The summed E-state index contributed by atoms with van der Waals surface area (Å²) in [5.74, 6) is 2.30. The SMILES string of the molecule is COc1ccc(-c2csc(-c3ccc4c(c3)NCCO4)n2)cc1OC. The first kappa shape index (κ1) is 15.8. The summed E-state index contributed by atoms with van der Waals surface area (Å²) in [6.45, 7) is 1.53. The van der Waals surface area contributed by atoms with Crippen molar-refractivity contribution in [2.24, 2.45) is 0 Å². The number of aromatic nitrogens is 1. The molecule has 128 valence electrons. The molecule has 0 atom stereocenters. The molecule has 0 amide bonds. The summed E-state index contributed by atoms with van der Waals surface area (Å²) in [5, 5.41) is 6.39. The number of rotatable bonds is 4. The minimum atomic E-state index is 0.699. The Morgan fingerprint density at radius 1 is 1.04 bits per heavy atom. The number of hydrogen-bond donors (Lipinski definition) is 1. The van der Waals surface area contributed by atoms with E-state index in [9.17, 15) is 0 Å². The van der Waals surface area contributed by atoms with Crippen molar-refractivity contribution in [1.29, 1.82) is 0 Å². The molecule has 5 nitrogen and oxygen atoms in total. The van der Waals surface area contributed by atoms with Gasteiger partial charge in [0.1, 0.15) is 17.4 Å². The Bertz CT molecular complexity index is 853. The zero-order valence-corrected chi connectivity index (χ0v) is 14.9. The van der Waals surface area contributed by atoms with E-state index in [-0.39, 0.29) is 0 Å². The van der Waals surface area contributed by atoms with Crippen LogP contribution < -0.4 is 19.5 Å². The van der Waals surface area contributed by atoms with Gasteiger partial charge in [0.05, 0.1) is 25.6 Å². The van der Waals surface area contributed by atoms with Crippen LogP contribution in [0.5, 0.6) is 17.2 Å². The molecule has 0 spiro atoms. The summed E-state index contributed by atoms with van der Waals surface area (Å²) in [6.07, 6.45) is 0. The van der Waals surface area contributed by atoms with E-state index in [1.165, 1.54) is 0 Å². The van der Waals surface area contributed by atoms with Gasteiger partial charge in [-0.1, -0.05) is 0 Å². The second-order valence-electron chi connectivity index (χ2n) is 5.59. The summed E-state index contributed by atoms with van der Waals surface area (Å²) in [5.41, 5.74) is 4.02. The van der Waals surface area contributed by atoms with Crippen molar-refractivity contribution < 1.29 is 14.2 Å². The summed E-state index contributed by atoms with van der Waals surface area (Å²) in [6, 6.07) is 12.0. The van der Waals surface area contributed by atoms with Crippen molar-refractivity contribution in [3.8, 4) is 39.1 Å². The molecular formula is C19H18N2O3S. The lowest BCUT2D eigenvalue weighted by Crippen LogP contribution is -2.17. The molecule has 1 aliphatic heterocycles. The van der Waals surface area contributed by atoms with Crippen LogP contribution in [0.15, 0.2) is 41.8 Å². The maximum Gasteiger partial charge on any atom is 0.161 e. The molecule has 1 N–H and O–H groups in total. The van der Waals surface area contributed by atoms with Crippen LogP contribution in [0.25, 0.3) is 21.8 Å². The van der Waals surface area contributed by atoms with Crippen molar-refractivity contribution in [3.63, 3.8) is 0 Å². The summed E-state index contributed by atoms with van der Waals surface area (Å²) in [4.78, 5) is 4.78. The van der Waals surface area contributed by atoms with Gasteiger partial charge in [-0.05, 0) is 36.4 Å². The Labute approximate surface area is 150 Å². The molecule has 0 radical (unpaired) electrons. The van der Waals surface area contributed by atoms with Crippen LogP contribution in [-0.2, 0) is 0 Å². The Hall–Kier alpha value is -2.73. The predicted octanol–water partition coefficient (Wildman–Crippen LogP) is 4.30. The highest BCUT2D eigenvalue weighted by Gasteiger charge is 2.14. The van der Waals surface area contributed by atoms with Crippen molar-refractivity contribution in [2.75, 3.05) is 32.7 Å². The maximum absolute atomic E-state index is 5.63. The quantitative estimate of drug-likeness (QED) is 0.757. The van der Waals surface area contributed by atoms with Gasteiger partial charge in [-0.25, -0.2) is 4.98 Å². The third-order valence-corrected chi connectivity index (χ3v) is 4.98. The lowest BCUT2D eigenvalue weighted by atomic mass is 10.1. The highest BCUT2D eigenvalue weighted by Crippen LogP contribution is 2.37. The average molecular weight is 354 g/mol. The molecule has 0 saturated carbocycles. The molecule has 4 rings (SSSR count). The molecule has 1 aromatic heterocycles. The second kappa shape index (κ2) is 6.64. The van der Waals surface area contributed by atoms with Gasteiger partial charge in [0.2, 0.25) is 0 Å². The van der Waals surface area contributed by atoms with Gasteiger partial charge in [-0.2, -0.15) is 0 Å². The van der Waals surface area contributed by atoms with Crippen LogP contribution >= 0.6 is 11.3 Å². The van der Waals surface area contributed by atoms with Gasteiger partial charge in [0.15, 0.2) is 11.5 Å². The first-order valence-electron chi connectivity index (χ1n) is 7.97. The Balaban J connectivity index is 1.66. The van der Waals surface area contributed by atoms with E-state index < -0.39 is 0 Å². The van der Waals surface area contributed by atoms with E-state index in [0.717, 1.165) is 39.8 Å². The third kappa shape index (κ3) is 3.00. The zero-order chi connectivity index (χ0) is 17.2. The number of ether oxygens (including phenoxy) is 3. The molecule has 0 bridgehead atoms. The number of hydrogen-bond acceptors (Lipinski definition) is 6. The van der Waals surface area contributed by atoms with Crippen molar-refractivity contribution >= 4 is 17.0 Å². The van der Waals surface area contributed by atoms with Gasteiger partial charge in [0.25, 0.3) is 0 Å². The largest absolute Gasteiger partial charge is 0.493 e. The number of nitrogens with one attached hydrogen (secondary N) is 1. The number of thiazole rings is 1. The monoisotopic (exact) mass is 354 g/mol. The van der Waals surface area contributed by atoms with Gasteiger partial charge < -0.3 is 19.5 Å². The zero-order valence-electron chi connectivity index (χ0n) is 14.0. The number of benzene rings is 2. The van der Waals surface area contributed by atoms with Crippen LogP contribution in [-0.4, -0.2) is 32.4 Å². The lowest BCUT2D eigenvalue weighted by Gasteiger charge is -2.19. The smallest absolute Gasteiger partial charge is 0.161 e. The molecule has 2 aromatic carbocycles. The molecule has 0 fully saturated rings. The maximum atomic E-state index is 5.63. The molecular weight excluding hydrogens is 336 g/mol. The second-order valence-corrected chi connectivity index (χ2v) is 6.45. The van der Waals surface area contributed by atoms with Gasteiger partial charge in [-0.15, -0.1) is 11.3 Å². The molecule has 0 unspecified atom stereocenters. The fraction of sp³-hybridized carbons (Fsp3) is 0.211. The third-order valence-electron chi connectivity index (χ3n) is 4.09. The summed E-state index contributed by atoms with van der Waals surface area (Å²) >= 11 is 1.62. The first-order chi connectivity index (χ1) is 12.3.